The monoisotopic (exact) mass is 478 g/mol. The number of aliphatic hydroxyl groups is 3. The zero-order valence-corrected chi connectivity index (χ0v) is 18.1. The van der Waals surface area contributed by atoms with E-state index in [0.717, 1.165) is 24.2 Å². The van der Waals surface area contributed by atoms with Crippen LogP contribution in [0.2, 0.25) is 0 Å². The number of nitrogens with zero attached hydrogens (tertiary/aromatic N) is 5. The van der Waals surface area contributed by atoms with Gasteiger partial charge in [-0.25, -0.2) is 15.0 Å². The summed E-state index contributed by atoms with van der Waals surface area (Å²) in [5.74, 6) is 0.0984. The first-order valence-electron chi connectivity index (χ1n) is 11.1. The molecule has 182 valence electrons. The predicted molar refractivity (Wildman–Crippen MR) is 117 cm³/mol. The molecule has 3 heterocycles. The number of halogens is 3. The third-order valence-corrected chi connectivity index (χ3v) is 6.81. The van der Waals surface area contributed by atoms with Crippen molar-refractivity contribution in [1.29, 1.82) is 0 Å². The third kappa shape index (κ3) is 4.05. The van der Waals surface area contributed by atoms with E-state index in [0.29, 0.717) is 36.5 Å². The molecule has 2 fully saturated rings. The number of nitrogens with one attached hydrogen (secondary N) is 1. The summed E-state index contributed by atoms with van der Waals surface area (Å²) in [5.41, 5.74) is 1.07. The number of hydrogen-bond donors (Lipinski definition) is 4. The van der Waals surface area contributed by atoms with Crippen LogP contribution in [0.3, 0.4) is 0 Å². The van der Waals surface area contributed by atoms with Crippen LogP contribution < -0.4 is 10.2 Å². The maximum Gasteiger partial charge on any atom is 0.416 e. The summed E-state index contributed by atoms with van der Waals surface area (Å²) < 4.78 is 40.2. The lowest BCUT2D eigenvalue weighted by Crippen LogP contribution is -2.30. The zero-order valence-electron chi connectivity index (χ0n) is 18.1. The Balaban J connectivity index is 1.31. The number of fused-ring (bicyclic) bond motifs is 1. The average Bonchev–Trinajstić information content (AvgIpc) is 3.52. The van der Waals surface area contributed by atoms with Gasteiger partial charge in [0, 0.05) is 37.3 Å². The summed E-state index contributed by atoms with van der Waals surface area (Å²) in [6.45, 7) is 1.05. The molecule has 1 saturated heterocycles. The molecule has 0 unspecified atom stereocenters. The molecule has 5 rings (SSSR count). The average molecular weight is 478 g/mol. The second-order valence-corrected chi connectivity index (χ2v) is 8.89. The Kier molecular flexibility index (Phi) is 5.82. The Labute approximate surface area is 192 Å². The van der Waals surface area contributed by atoms with Crippen molar-refractivity contribution in [1.82, 2.24) is 19.5 Å². The van der Waals surface area contributed by atoms with Crippen molar-refractivity contribution in [3.8, 4) is 0 Å². The smallest absolute Gasteiger partial charge is 0.396 e. The number of hydrogen-bond acceptors (Lipinski definition) is 8. The largest absolute Gasteiger partial charge is 0.416 e. The number of benzene rings is 1. The fourth-order valence-corrected chi connectivity index (χ4v) is 4.92. The highest BCUT2D eigenvalue weighted by Crippen LogP contribution is 2.37. The van der Waals surface area contributed by atoms with Crippen LogP contribution >= 0.6 is 0 Å². The number of anilines is 2. The summed E-state index contributed by atoms with van der Waals surface area (Å²) in [5, 5.41) is 33.4. The lowest BCUT2D eigenvalue weighted by molar-refractivity contribution is -0.137. The molecule has 9 nitrogen and oxygen atoms in total. The Morgan fingerprint density at radius 2 is 1.82 bits per heavy atom. The van der Waals surface area contributed by atoms with Gasteiger partial charge in [-0.3, -0.25) is 0 Å². The van der Waals surface area contributed by atoms with Gasteiger partial charge in [0.2, 0.25) is 0 Å². The summed E-state index contributed by atoms with van der Waals surface area (Å²) in [7, 11) is 0. The van der Waals surface area contributed by atoms with E-state index in [2.05, 4.69) is 20.3 Å². The zero-order chi connectivity index (χ0) is 24.0. The van der Waals surface area contributed by atoms with Crippen LogP contribution in [0.1, 0.15) is 24.4 Å². The van der Waals surface area contributed by atoms with Crippen LogP contribution in [0.4, 0.5) is 24.7 Å². The first-order chi connectivity index (χ1) is 16.3. The Morgan fingerprint density at radius 1 is 1.06 bits per heavy atom. The highest BCUT2D eigenvalue weighted by molar-refractivity contribution is 5.83. The normalized spacial score (nSPS) is 27.6. The van der Waals surface area contributed by atoms with E-state index < -0.39 is 35.9 Å². The molecule has 1 aliphatic carbocycles. The number of aliphatic hydroxyl groups excluding tert-OH is 3. The highest BCUT2D eigenvalue weighted by atomic mass is 19.4. The molecule has 34 heavy (non-hydrogen) atoms. The highest BCUT2D eigenvalue weighted by Gasteiger charge is 2.42. The molecule has 1 saturated carbocycles. The minimum Gasteiger partial charge on any atom is -0.396 e. The van der Waals surface area contributed by atoms with Crippen molar-refractivity contribution >= 4 is 22.7 Å². The third-order valence-electron chi connectivity index (χ3n) is 6.81. The van der Waals surface area contributed by atoms with E-state index in [-0.39, 0.29) is 12.6 Å². The van der Waals surface area contributed by atoms with Crippen LogP contribution in [0.25, 0.3) is 11.2 Å². The molecule has 2 aromatic heterocycles. The van der Waals surface area contributed by atoms with Gasteiger partial charge in [0.25, 0.3) is 0 Å². The fourth-order valence-electron chi connectivity index (χ4n) is 4.92. The van der Waals surface area contributed by atoms with E-state index in [1.165, 1.54) is 18.5 Å². The topological polar surface area (TPSA) is 120 Å². The number of alkyl halides is 3. The molecule has 0 spiro atoms. The van der Waals surface area contributed by atoms with Crippen LogP contribution in [0.15, 0.2) is 36.9 Å². The van der Waals surface area contributed by atoms with Gasteiger partial charge < -0.3 is 30.1 Å². The molecular weight excluding hydrogens is 453 g/mol. The molecule has 2 aliphatic rings. The number of rotatable bonds is 5. The second-order valence-electron chi connectivity index (χ2n) is 8.89. The van der Waals surface area contributed by atoms with Gasteiger partial charge in [0.05, 0.1) is 24.0 Å². The lowest BCUT2D eigenvalue weighted by atomic mass is 10.1. The number of aromatic nitrogens is 4. The number of imidazole rings is 1. The van der Waals surface area contributed by atoms with Gasteiger partial charge in [-0.1, -0.05) is 0 Å². The molecule has 0 bridgehead atoms. The van der Waals surface area contributed by atoms with Crippen LogP contribution in [-0.4, -0.2) is 72.8 Å². The Hall–Kier alpha value is -2.96. The van der Waals surface area contributed by atoms with Crippen molar-refractivity contribution in [2.75, 3.05) is 29.9 Å². The Bertz CT molecular complexity index is 1150. The van der Waals surface area contributed by atoms with Crippen molar-refractivity contribution in [2.24, 2.45) is 5.92 Å². The quantitative estimate of drug-likeness (QED) is 0.439. The van der Waals surface area contributed by atoms with Gasteiger partial charge in [0.15, 0.2) is 11.5 Å². The van der Waals surface area contributed by atoms with Crippen molar-refractivity contribution in [3.05, 3.63) is 42.5 Å². The molecule has 1 aliphatic heterocycles. The standard InChI is InChI=1S/C22H25F3N6O3/c23-22(24,25)13-1-3-15(4-2-13)30-6-5-14(8-30)29-20-17-21(27-10-26-20)31(11-28-17)16-7-12(9-32)18(33)19(16)34/h1-4,10-12,14,16,18-19,32-34H,5-9H2,(H,26,27,29)/t12-,14+,16-,18+,19-/m1/s1. The van der Waals surface area contributed by atoms with Gasteiger partial charge in [-0.15, -0.1) is 0 Å². The second kappa shape index (κ2) is 8.67. The Morgan fingerprint density at radius 3 is 2.50 bits per heavy atom. The van der Waals surface area contributed by atoms with Crippen LogP contribution in [0.5, 0.6) is 0 Å². The van der Waals surface area contributed by atoms with Gasteiger partial charge in [0.1, 0.15) is 17.9 Å². The minimum atomic E-state index is -4.36. The van der Waals surface area contributed by atoms with Crippen molar-refractivity contribution < 1.29 is 28.5 Å². The molecule has 4 N–H and O–H groups in total. The van der Waals surface area contributed by atoms with E-state index in [9.17, 15) is 28.5 Å². The van der Waals surface area contributed by atoms with E-state index in [1.807, 2.05) is 4.90 Å². The van der Waals surface area contributed by atoms with Crippen molar-refractivity contribution in [3.63, 3.8) is 0 Å². The minimum absolute atomic E-state index is 0.00297. The summed E-state index contributed by atoms with van der Waals surface area (Å²) in [6.07, 6.45) is -2.34. The molecular formula is C22H25F3N6O3. The maximum atomic E-state index is 12.8. The first kappa shape index (κ1) is 22.8. The van der Waals surface area contributed by atoms with Crippen LogP contribution in [-0.2, 0) is 6.18 Å². The van der Waals surface area contributed by atoms with Gasteiger partial charge >= 0.3 is 6.18 Å². The summed E-state index contributed by atoms with van der Waals surface area (Å²) in [4.78, 5) is 15.1. The van der Waals surface area contributed by atoms with Crippen LogP contribution in [0, 0.1) is 5.92 Å². The summed E-state index contributed by atoms with van der Waals surface area (Å²) in [6, 6.07) is 4.68. The SMILES string of the molecule is OC[C@H]1C[C@@H](n2cnc3c(N[C@H]4CCN(c5ccc(C(F)(F)F)cc5)C4)ncnc32)[C@@H](O)[C@H]1O. The molecule has 5 atom stereocenters. The predicted octanol–water partition coefficient (Wildman–Crippen LogP) is 1.81. The molecule has 3 aromatic rings. The fraction of sp³-hybridized carbons (Fsp3) is 0.500. The first-order valence-corrected chi connectivity index (χ1v) is 11.1. The molecule has 0 radical (unpaired) electrons. The van der Waals surface area contributed by atoms with Crippen molar-refractivity contribution in [2.45, 2.75) is 43.3 Å². The molecule has 12 heteroatoms. The maximum absolute atomic E-state index is 12.8. The van der Waals surface area contributed by atoms with Gasteiger partial charge in [-0.05, 0) is 37.1 Å². The van der Waals surface area contributed by atoms with Gasteiger partial charge in [-0.2, -0.15) is 13.2 Å². The van der Waals surface area contributed by atoms with E-state index in [4.69, 9.17) is 0 Å². The summed E-state index contributed by atoms with van der Waals surface area (Å²) >= 11 is 0. The lowest BCUT2D eigenvalue weighted by Gasteiger charge is -2.20. The molecule has 1 aromatic carbocycles. The molecule has 0 amide bonds. The van der Waals surface area contributed by atoms with E-state index in [1.54, 1.807) is 10.9 Å². The van der Waals surface area contributed by atoms with E-state index >= 15 is 0 Å².